The van der Waals surface area contributed by atoms with Gasteiger partial charge in [-0.2, -0.15) is 0 Å². The van der Waals surface area contributed by atoms with Gasteiger partial charge in [-0.25, -0.2) is 0 Å². The average Bonchev–Trinajstić information content (AvgIpc) is 2.35. The molecular formula is C14H30N2. The zero-order valence-electron chi connectivity index (χ0n) is 11.5. The highest BCUT2D eigenvalue weighted by Gasteiger charge is 2.19. The molecule has 1 aliphatic heterocycles. The first-order chi connectivity index (χ1) is 7.80. The topological polar surface area (TPSA) is 15.3 Å². The van der Waals surface area contributed by atoms with E-state index >= 15 is 0 Å². The van der Waals surface area contributed by atoms with E-state index in [1.807, 2.05) is 0 Å². The third-order valence-corrected chi connectivity index (χ3v) is 4.06. The highest BCUT2D eigenvalue weighted by atomic mass is 15.1. The quantitative estimate of drug-likeness (QED) is 0.718. The number of nitrogens with one attached hydrogen (secondary N) is 1. The van der Waals surface area contributed by atoms with Gasteiger partial charge in [0.15, 0.2) is 0 Å². The van der Waals surface area contributed by atoms with Crippen molar-refractivity contribution >= 4 is 0 Å². The number of piperidine rings is 1. The van der Waals surface area contributed by atoms with Crippen molar-refractivity contribution in [3.8, 4) is 0 Å². The zero-order chi connectivity index (χ0) is 11.8. The summed E-state index contributed by atoms with van der Waals surface area (Å²) < 4.78 is 0. The predicted molar refractivity (Wildman–Crippen MR) is 71.8 cm³/mol. The molecule has 1 saturated heterocycles. The van der Waals surface area contributed by atoms with E-state index in [1.165, 1.54) is 58.2 Å². The van der Waals surface area contributed by atoms with E-state index in [1.54, 1.807) is 0 Å². The van der Waals surface area contributed by atoms with Crippen LogP contribution in [0, 0.1) is 5.92 Å². The lowest BCUT2D eigenvalue weighted by atomic mass is 9.97. The molecule has 16 heavy (non-hydrogen) atoms. The molecule has 1 rings (SSSR count). The molecule has 2 nitrogen and oxygen atoms in total. The Bertz CT molecular complexity index is 162. The number of hydrogen-bond donors (Lipinski definition) is 1. The Kier molecular flexibility index (Phi) is 7.06. The largest absolute Gasteiger partial charge is 0.317 e. The van der Waals surface area contributed by atoms with Gasteiger partial charge in [-0.1, -0.05) is 33.1 Å². The van der Waals surface area contributed by atoms with Crippen LogP contribution in [0.4, 0.5) is 0 Å². The van der Waals surface area contributed by atoms with Crippen molar-refractivity contribution in [3.63, 3.8) is 0 Å². The van der Waals surface area contributed by atoms with Gasteiger partial charge in [0.2, 0.25) is 0 Å². The van der Waals surface area contributed by atoms with E-state index in [-0.39, 0.29) is 0 Å². The number of hydrogen-bond acceptors (Lipinski definition) is 2. The van der Waals surface area contributed by atoms with Crippen molar-refractivity contribution in [2.24, 2.45) is 5.92 Å². The molecular weight excluding hydrogens is 196 g/mol. The van der Waals surface area contributed by atoms with Gasteiger partial charge in [0.25, 0.3) is 0 Å². The standard InChI is InChI=1S/C14H30N2/c1-4-6-7-13(5-2)12-16-10-8-14(15-3)9-11-16/h13-15H,4-12H2,1-3H3. The Balaban J connectivity index is 2.20. The summed E-state index contributed by atoms with van der Waals surface area (Å²) in [7, 11) is 2.09. The monoisotopic (exact) mass is 226 g/mol. The van der Waals surface area contributed by atoms with Crippen molar-refractivity contribution in [2.75, 3.05) is 26.7 Å². The summed E-state index contributed by atoms with van der Waals surface area (Å²) >= 11 is 0. The van der Waals surface area contributed by atoms with Crippen LogP contribution in [0.25, 0.3) is 0 Å². The highest BCUT2D eigenvalue weighted by Crippen LogP contribution is 2.17. The maximum Gasteiger partial charge on any atom is 0.00884 e. The second kappa shape index (κ2) is 8.08. The molecule has 1 heterocycles. The third kappa shape index (κ3) is 4.84. The van der Waals surface area contributed by atoms with Gasteiger partial charge in [-0.3, -0.25) is 0 Å². The van der Waals surface area contributed by atoms with Crippen LogP contribution in [0.3, 0.4) is 0 Å². The predicted octanol–water partition coefficient (Wildman–Crippen LogP) is 2.89. The van der Waals surface area contributed by atoms with Gasteiger partial charge in [0.1, 0.15) is 0 Å². The van der Waals surface area contributed by atoms with Crippen LogP contribution in [0.15, 0.2) is 0 Å². The fourth-order valence-corrected chi connectivity index (χ4v) is 2.69. The molecule has 0 saturated carbocycles. The van der Waals surface area contributed by atoms with Crippen LogP contribution in [0.1, 0.15) is 52.4 Å². The Hall–Kier alpha value is -0.0800. The van der Waals surface area contributed by atoms with Crippen LogP contribution in [0.5, 0.6) is 0 Å². The molecule has 0 aromatic carbocycles. The van der Waals surface area contributed by atoms with Gasteiger partial charge in [-0.05, 0) is 45.3 Å². The molecule has 1 N–H and O–H groups in total. The Labute approximate surface area is 102 Å². The minimum Gasteiger partial charge on any atom is -0.317 e. The summed E-state index contributed by atoms with van der Waals surface area (Å²) in [4.78, 5) is 2.68. The molecule has 0 radical (unpaired) electrons. The number of nitrogens with zero attached hydrogens (tertiary/aromatic N) is 1. The molecule has 0 bridgehead atoms. The molecule has 96 valence electrons. The Morgan fingerprint density at radius 1 is 1.25 bits per heavy atom. The molecule has 0 aliphatic carbocycles. The number of unbranched alkanes of at least 4 members (excludes halogenated alkanes) is 1. The molecule has 2 heteroatoms. The van der Waals surface area contributed by atoms with Crippen molar-refractivity contribution < 1.29 is 0 Å². The molecule has 0 aromatic heterocycles. The molecule has 0 aromatic rings. The number of likely N-dealkylation sites (tertiary alicyclic amines) is 1. The summed E-state index contributed by atoms with van der Waals surface area (Å²) in [5.41, 5.74) is 0. The van der Waals surface area contributed by atoms with Crippen LogP contribution >= 0.6 is 0 Å². The first-order valence-corrected chi connectivity index (χ1v) is 7.19. The maximum atomic E-state index is 3.40. The highest BCUT2D eigenvalue weighted by molar-refractivity contribution is 4.77. The first kappa shape index (κ1) is 14.0. The Morgan fingerprint density at radius 3 is 2.44 bits per heavy atom. The van der Waals surface area contributed by atoms with Crippen molar-refractivity contribution in [3.05, 3.63) is 0 Å². The maximum absolute atomic E-state index is 3.40. The summed E-state index contributed by atoms with van der Waals surface area (Å²) in [5.74, 6) is 0.936. The summed E-state index contributed by atoms with van der Waals surface area (Å²) in [6, 6.07) is 0.770. The molecule has 1 unspecified atom stereocenters. The lowest BCUT2D eigenvalue weighted by Gasteiger charge is -2.34. The van der Waals surface area contributed by atoms with Gasteiger partial charge in [0.05, 0.1) is 0 Å². The van der Waals surface area contributed by atoms with E-state index in [0.717, 1.165) is 12.0 Å². The summed E-state index contributed by atoms with van der Waals surface area (Å²) in [6.45, 7) is 8.58. The van der Waals surface area contributed by atoms with Gasteiger partial charge >= 0.3 is 0 Å². The smallest absolute Gasteiger partial charge is 0.00884 e. The van der Waals surface area contributed by atoms with E-state index < -0.39 is 0 Å². The SMILES string of the molecule is CCCCC(CC)CN1CCC(NC)CC1. The van der Waals surface area contributed by atoms with Gasteiger partial charge in [0, 0.05) is 12.6 Å². The minimum atomic E-state index is 0.770. The van der Waals surface area contributed by atoms with Crippen LogP contribution in [-0.4, -0.2) is 37.6 Å². The van der Waals surface area contributed by atoms with Gasteiger partial charge in [-0.15, -0.1) is 0 Å². The van der Waals surface area contributed by atoms with Crippen molar-refractivity contribution in [1.82, 2.24) is 10.2 Å². The zero-order valence-corrected chi connectivity index (χ0v) is 11.5. The second-order valence-electron chi connectivity index (χ2n) is 5.28. The van der Waals surface area contributed by atoms with E-state index in [0.29, 0.717) is 0 Å². The Morgan fingerprint density at radius 2 is 1.94 bits per heavy atom. The van der Waals surface area contributed by atoms with E-state index in [9.17, 15) is 0 Å². The fraction of sp³-hybridized carbons (Fsp3) is 1.00. The average molecular weight is 226 g/mol. The van der Waals surface area contributed by atoms with Gasteiger partial charge < -0.3 is 10.2 Å². The lowest BCUT2D eigenvalue weighted by molar-refractivity contribution is 0.168. The summed E-state index contributed by atoms with van der Waals surface area (Å²) in [6.07, 6.45) is 8.20. The van der Waals surface area contributed by atoms with Crippen LogP contribution in [-0.2, 0) is 0 Å². The normalized spacial score (nSPS) is 21.2. The molecule has 0 amide bonds. The molecule has 1 fully saturated rings. The lowest BCUT2D eigenvalue weighted by Crippen LogP contribution is -2.42. The van der Waals surface area contributed by atoms with Crippen LogP contribution < -0.4 is 5.32 Å². The molecule has 1 aliphatic rings. The summed E-state index contributed by atoms with van der Waals surface area (Å²) in [5, 5.41) is 3.40. The second-order valence-corrected chi connectivity index (χ2v) is 5.28. The molecule has 1 atom stereocenters. The van der Waals surface area contributed by atoms with Crippen molar-refractivity contribution in [1.29, 1.82) is 0 Å². The first-order valence-electron chi connectivity index (χ1n) is 7.19. The fourth-order valence-electron chi connectivity index (χ4n) is 2.69. The number of rotatable bonds is 7. The van der Waals surface area contributed by atoms with Crippen molar-refractivity contribution in [2.45, 2.75) is 58.4 Å². The van der Waals surface area contributed by atoms with E-state index in [2.05, 4.69) is 31.1 Å². The van der Waals surface area contributed by atoms with E-state index in [4.69, 9.17) is 0 Å². The minimum absolute atomic E-state index is 0.770. The van der Waals surface area contributed by atoms with Crippen LogP contribution in [0.2, 0.25) is 0 Å². The molecule has 0 spiro atoms. The third-order valence-electron chi connectivity index (χ3n) is 4.06.